The fourth-order valence-corrected chi connectivity index (χ4v) is 3.04. The van der Waals surface area contributed by atoms with Crippen molar-refractivity contribution in [2.45, 2.75) is 17.7 Å². The highest BCUT2D eigenvalue weighted by Gasteiger charge is 2.26. The number of halogens is 1. The Morgan fingerprint density at radius 3 is 2.78 bits per heavy atom. The van der Waals surface area contributed by atoms with E-state index in [1.165, 1.54) is 4.90 Å². The molecular formula is C14H18ClNOS. The molecule has 0 spiro atoms. The average molecular weight is 284 g/mol. The van der Waals surface area contributed by atoms with Crippen LogP contribution in [0.5, 0.6) is 0 Å². The molecule has 18 heavy (non-hydrogen) atoms. The molecule has 2 nitrogen and oxygen atoms in total. The summed E-state index contributed by atoms with van der Waals surface area (Å²) in [5.74, 6) is 1.42. The van der Waals surface area contributed by atoms with Crippen molar-refractivity contribution < 1.29 is 4.79 Å². The van der Waals surface area contributed by atoms with Gasteiger partial charge in [-0.05, 0) is 49.3 Å². The van der Waals surface area contributed by atoms with Gasteiger partial charge < -0.3 is 4.90 Å². The number of hydrogen-bond acceptors (Lipinski definition) is 2. The van der Waals surface area contributed by atoms with E-state index < -0.39 is 0 Å². The molecule has 1 unspecified atom stereocenters. The number of amides is 1. The Morgan fingerprint density at radius 1 is 1.44 bits per heavy atom. The van der Waals surface area contributed by atoms with Crippen molar-refractivity contribution >= 4 is 29.3 Å². The molecule has 0 aliphatic carbocycles. The zero-order valence-electron chi connectivity index (χ0n) is 10.6. The number of alkyl halides is 1. The van der Waals surface area contributed by atoms with Crippen LogP contribution in [0, 0.1) is 5.92 Å². The van der Waals surface area contributed by atoms with E-state index in [1.54, 1.807) is 11.8 Å². The molecule has 1 heterocycles. The maximum atomic E-state index is 12.3. The molecule has 1 fully saturated rings. The molecule has 1 amide bonds. The highest BCUT2D eigenvalue weighted by atomic mass is 35.5. The molecular weight excluding hydrogens is 266 g/mol. The summed E-state index contributed by atoms with van der Waals surface area (Å²) in [6.45, 7) is 1.72. The lowest BCUT2D eigenvalue weighted by molar-refractivity contribution is 0.0787. The minimum Gasteiger partial charge on any atom is -0.338 e. The lowest BCUT2D eigenvalue weighted by atomic mass is 10.1. The van der Waals surface area contributed by atoms with Crippen molar-refractivity contribution in [2.24, 2.45) is 5.92 Å². The number of rotatable bonds is 4. The van der Waals surface area contributed by atoms with Gasteiger partial charge in [0.1, 0.15) is 0 Å². The Kier molecular flexibility index (Phi) is 4.95. The fourth-order valence-electron chi connectivity index (χ4n) is 2.32. The predicted octanol–water partition coefficient (Wildman–Crippen LogP) is 3.50. The van der Waals surface area contributed by atoms with Gasteiger partial charge in [0.25, 0.3) is 5.91 Å². The summed E-state index contributed by atoms with van der Waals surface area (Å²) in [7, 11) is 0. The largest absolute Gasteiger partial charge is 0.338 e. The summed E-state index contributed by atoms with van der Waals surface area (Å²) in [6.07, 6.45) is 4.13. The standard InChI is InChI=1S/C14H18ClNOS/c1-18-13-4-2-12(3-5-13)14(17)16-9-7-11(10-16)6-8-15/h2-5,11H,6-10H2,1H3. The van der Waals surface area contributed by atoms with Gasteiger partial charge in [0.2, 0.25) is 0 Å². The molecule has 1 aliphatic rings. The fraction of sp³-hybridized carbons (Fsp3) is 0.500. The summed E-state index contributed by atoms with van der Waals surface area (Å²) in [5.41, 5.74) is 0.791. The van der Waals surface area contributed by atoms with Crippen molar-refractivity contribution in [3.8, 4) is 0 Å². The van der Waals surface area contributed by atoms with E-state index in [1.807, 2.05) is 35.4 Å². The normalized spacial score (nSPS) is 19.2. The van der Waals surface area contributed by atoms with Crippen LogP contribution in [0.25, 0.3) is 0 Å². The van der Waals surface area contributed by atoms with E-state index in [0.717, 1.165) is 31.5 Å². The van der Waals surface area contributed by atoms with Gasteiger partial charge in [-0.2, -0.15) is 0 Å². The van der Waals surface area contributed by atoms with Crippen molar-refractivity contribution in [3.05, 3.63) is 29.8 Å². The maximum Gasteiger partial charge on any atom is 0.253 e. The Labute approximate surface area is 118 Å². The van der Waals surface area contributed by atoms with Crippen LogP contribution in [-0.4, -0.2) is 36.0 Å². The molecule has 1 aliphatic heterocycles. The number of thioether (sulfide) groups is 1. The number of carbonyl (C=O) groups is 1. The monoisotopic (exact) mass is 283 g/mol. The molecule has 0 aromatic heterocycles. The smallest absolute Gasteiger partial charge is 0.253 e. The Morgan fingerprint density at radius 2 is 2.17 bits per heavy atom. The number of nitrogens with zero attached hydrogens (tertiary/aromatic N) is 1. The van der Waals surface area contributed by atoms with Crippen molar-refractivity contribution in [3.63, 3.8) is 0 Å². The van der Waals surface area contributed by atoms with E-state index in [4.69, 9.17) is 11.6 Å². The molecule has 0 radical (unpaired) electrons. The van der Waals surface area contributed by atoms with Gasteiger partial charge in [-0.15, -0.1) is 23.4 Å². The molecule has 0 bridgehead atoms. The lowest BCUT2D eigenvalue weighted by Gasteiger charge is -2.16. The molecule has 4 heteroatoms. The third kappa shape index (κ3) is 3.21. The summed E-state index contributed by atoms with van der Waals surface area (Å²) in [4.78, 5) is 15.4. The van der Waals surface area contributed by atoms with Gasteiger partial charge >= 0.3 is 0 Å². The molecule has 1 aromatic rings. The lowest BCUT2D eigenvalue weighted by Crippen LogP contribution is -2.28. The maximum absolute atomic E-state index is 12.3. The third-order valence-electron chi connectivity index (χ3n) is 3.43. The van der Waals surface area contributed by atoms with Crippen LogP contribution in [0.2, 0.25) is 0 Å². The van der Waals surface area contributed by atoms with Crippen molar-refractivity contribution in [1.29, 1.82) is 0 Å². The second-order valence-electron chi connectivity index (χ2n) is 4.61. The third-order valence-corrected chi connectivity index (χ3v) is 4.39. The highest BCUT2D eigenvalue weighted by Crippen LogP contribution is 2.22. The summed E-state index contributed by atoms with van der Waals surface area (Å²) in [6, 6.07) is 7.85. The first-order chi connectivity index (χ1) is 8.74. The molecule has 98 valence electrons. The van der Waals surface area contributed by atoms with Gasteiger partial charge in [-0.25, -0.2) is 0 Å². The number of carbonyl (C=O) groups excluding carboxylic acids is 1. The first-order valence-electron chi connectivity index (χ1n) is 6.24. The zero-order chi connectivity index (χ0) is 13.0. The minimum absolute atomic E-state index is 0.153. The topological polar surface area (TPSA) is 20.3 Å². The molecule has 1 atom stereocenters. The van der Waals surface area contributed by atoms with E-state index in [-0.39, 0.29) is 5.91 Å². The molecule has 0 saturated carbocycles. The van der Waals surface area contributed by atoms with Crippen molar-refractivity contribution in [1.82, 2.24) is 4.90 Å². The van der Waals surface area contributed by atoms with E-state index in [0.29, 0.717) is 11.8 Å². The van der Waals surface area contributed by atoms with Crippen LogP contribution in [0.15, 0.2) is 29.2 Å². The average Bonchev–Trinajstić information content (AvgIpc) is 2.87. The Bertz CT molecular complexity index is 407. The first kappa shape index (κ1) is 13.8. The van der Waals surface area contributed by atoms with Crippen molar-refractivity contribution in [2.75, 3.05) is 25.2 Å². The molecule has 0 N–H and O–H groups in total. The molecule has 2 rings (SSSR count). The Balaban J connectivity index is 1.98. The van der Waals surface area contributed by atoms with Crippen LogP contribution in [0.4, 0.5) is 0 Å². The zero-order valence-corrected chi connectivity index (χ0v) is 12.1. The van der Waals surface area contributed by atoms with Gasteiger partial charge in [0, 0.05) is 29.4 Å². The second kappa shape index (κ2) is 6.48. The Hall–Kier alpha value is -0.670. The first-order valence-corrected chi connectivity index (χ1v) is 8.00. The summed E-state index contributed by atoms with van der Waals surface area (Å²) >= 11 is 7.44. The van der Waals surface area contributed by atoms with Crippen LogP contribution in [-0.2, 0) is 0 Å². The number of hydrogen-bond donors (Lipinski definition) is 0. The minimum atomic E-state index is 0.153. The summed E-state index contributed by atoms with van der Waals surface area (Å²) in [5, 5.41) is 0. The van der Waals surface area contributed by atoms with Crippen LogP contribution in [0.3, 0.4) is 0 Å². The van der Waals surface area contributed by atoms with E-state index in [9.17, 15) is 4.79 Å². The molecule has 1 saturated heterocycles. The van der Waals surface area contributed by atoms with E-state index in [2.05, 4.69) is 0 Å². The van der Waals surface area contributed by atoms with Gasteiger partial charge in [-0.1, -0.05) is 0 Å². The quantitative estimate of drug-likeness (QED) is 0.623. The molecule has 1 aromatic carbocycles. The van der Waals surface area contributed by atoms with Crippen LogP contribution >= 0.6 is 23.4 Å². The van der Waals surface area contributed by atoms with Gasteiger partial charge in [-0.3, -0.25) is 4.79 Å². The number of benzene rings is 1. The van der Waals surface area contributed by atoms with Gasteiger partial charge in [0.15, 0.2) is 0 Å². The van der Waals surface area contributed by atoms with E-state index >= 15 is 0 Å². The SMILES string of the molecule is CSc1ccc(C(=O)N2CCC(CCCl)C2)cc1. The predicted molar refractivity (Wildman–Crippen MR) is 77.6 cm³/mol. The second-order valence-corrected chi connectivity index (χ2v) is 5.87. The van der Waals surface area contributed by atoms with Crippen LogP contribution in [0.1, 0.15) is 23.2 Å². The number of likely N-dealkylation sites (tertiary alicyclic amines) is 1. The summed E-state index contributed by atoms with van der Waals surface area (Å²) < 4.78 is 0. The highest BCUT2D eigenvalue weighted by molar-refractivity contribution is 7.98. The van der Waals surface area contributed by atoms with Crippen LogP contribution < -0.4 is 0 Å². The van der Waals surface area contributed by atoms with Gasteiger partial charge in [0.05, 0.1) is 0 Å².